The van der Waals surface area contributed by atoms with E-state index in [-0.39, 0.29) is 18.4 Å². The molecule has 1 fully saturated rings. The Morgan fingerprint density at radius 1 is 1.50 bits per heavy atom. The molecule has 1 aliphatic rings. The van der Waals surface area contributed by atoms with Gasteiger partial charge in [0.1, 0.15) is 6.10 Å². The van der Waals surface area contributed by atoms with E-state index in [0.717, 1.165) is 12.1 Å². The maximum absolute atomic E-state index is 13.2. The van der Waals surface area contributed by atoms with E-state index in [0.29, 0.717) is 25.3 Å². The van der Waals surface area contributed by atoms with Crippen LogP contribution in [-0.2, 0) is 9.53 Å². The molecular weight excluding hydrogens is 266 g/mol. The quantitative estimate of drug-likeness (QED) is 0.914. The van der Waals surface area contributed by atoms with Gasteiger partial charge in [-0.15, -0.1) is 0 Å². The summed E-state index contributed by atoms with van der Waals surface area (Å²) in [5, 5.41) is 0. The molecule has 1 amide bonds. The van der Waals surface area contributed by atoms with Crippen molar-refractivity contribution in [1.82, 2.24) is 4.90 Å². The smallest absolute Gasteiger partial charge is 0.226 e. The summed E-state index contributed by atoms with van der Waals surface area (Å²) in [5.41, 5.74) is 6.02. The van der Waals surface area contributed by atoms with E-state index in [1.54, 1.807) is 11.8 Å². The van der Waals surface area contributed by atoms with Gasteiger partial charge >= 0.3 is 0 Å². The van der Waals surface area contributed by atoms with Gasteiger partial charge in [0.15, 0.2) is 11.6 Å². The third-order valence-electron chi connectivity index (χ3n) is 3.47. The average molecular weight is 284 g/mol. The first-order valence-corrected chi connectivity index (χ1v) is 6.58. The Morgan fingerprint density at radius 3 is 2.90 bits per heavy atom. The minimum Gasteiger partial charge on any atom is -0.370 e. The fourth-order valence-electron chi connectivity index (χ4n) is 2.18. The van der Waals surface area contributed by atoms with Crippen molar-refractivity contribution in [1.29, 1.82) is 0 Å². The lowest BCUT2D eigenvalue weighted by Gasteiger charge is -2.34. The van der Waals surface area contributed by atoms with Gasteiger partial charge in [-0.25, -0.2) is 8.78 Å². The molecule has 1 heterocycles. The maximum atomic E-state index is 13.2. The first-order valence-electron chi connectivity index (χ1n) is 6.58. The molecule has 1 aromatic carbocycles. The van der Waals surface area contributed by atoms with Crippen molar-refractivity contribution in [3.63, 3.8) is 0 Å². The Kier molecular flexibility index (Phi) is 4.67. The molecule has 0 saturated carbocycles. The minimum atomic E-state index is -0.912. The largest absolute Gasteiger partial charge is 0.370 e. The Hall–Kier alpha value is -1.53. The predicted octanol–water partition coefficient (Wildman–Crippen LogP) is 1.46. The number of benzene rings is 1. The second-order valence-electron chi connectivity index (χ2n) is 4.95. The van der Waals surface area contributed by atoms with Crippen molar-refractivity contribution in [2.45, 2.75) is 13.0 Å². The van der Waals surface area contributed by atoms with Gasteiger partial charge in [-0.2, -0.15) is 0 Å². The topological polar surface area (TPSA) is 55.6 Å². The van der Waals surface area contributed by atoms with E-state index >= 15 is 0 Å². The number of nitrogens with two attached hydrogens (primary N) is 1. The molecule has 1 aliphatic heterocycles. The normalized spacial score (nSPS) is 20.8. The number of hydrogen-bond acceptors (Lipinski definition) is 3. The summed E-state index contributed by atoms with van der Waals surface area (Å²) in [6, 6.07) is 3.65. The molecule has 0 bridgehead atoms. The molecule has 20 heavy (non-hydrogen) atoms. The van der Waals surface area contributed by atoms with Crippen LogP contribution in [0.25, 0.3) is 0 Å². The van der Waals surface area contributed by atoms with Crippen molar-refractivity contribution in [2.24, 2.45) is 11.7 Å². The fraction of sp³-hybridized carbons (Fsp3) is 0.500. The average Bonchev–Trinajstić information content (AvgIpc) is 2.48. The van der Waals surface area contributed by atoms with Crippen LogP contribution in [0.5, 0.6) is 0 Å². The Balaban J connectivity index is 2.10. The SMILES string of the molecule is CC(CN)C(=O)N1CCOC(c2ccc(F)c(F)c2)C1. The molecule has 0 spiro atoms. The van der Waals surface area contributed by atoms with Crippen molar-refractivity contribution < 1.29 is 18.3 Å². The number of nitrogens with zero attached hydrogens (tertiary/aromatic N) is 1. The second kappa shape index (κ2) is 6.28. The number of rotatable bonds is 3. The number of carbonyl (C=O) groups is 1. The highest BCUT2D eigenvalue weighted by atomic mass is 19.2. The van der Waals surface area contributed by atoms with Crippen molar-refractivity contribution >= 4 is 5.91 Å². The highest BCUT2D eigenvalue weighted by Gasteiger charge is 2.28. The lowest BCUT2D eigenvalue weighted by atomic mass is 10.1. The van der Waals surface area contributed by atoms with Crippen LogP contribution in [0.4, 0.5) is 8.78 Å². The summed E-state index contributed by atoms with van der Waals surface area (Å²) in [4.78, 5) is 13.7. The molecular formula is C14H18F2N2O2. The molecule has 6 heteroatoms. The molecule has 110 valence electrons. The molecule has 0 aliphatic carbocycles. The molecule has 1 aromatic rings. The number of hydrogen-bond donors (Lipinski definition) is 1. The molecule has 0 radical (unpaired) electrons. The van der Waals surface area contributed by atoms with Gasteiger partial charge in [-0.05, 0) is 17.7 Å². The number of ether oxygens (including phenoxy) is 1. The molecule has 2 unspecified atom stereocenters. The molecule has 4 nitrogen and oxygen atoms in total. The third kappa shape index (κ3) is 3.13. The molecule has 2 rings (SSSR count). The Morgan fingerprint density at radius 2 is 2.25 bits per heavy atom. The Labute approximate surface area is 116 Å². The lowest BCUT2D eigenvalue weighted by Crippen LogP contribution is -2.45. The van der Waals surface area contributed by atoms with Crippen LogP contribution in [0.3, 0.4) is 0 Å². The van der Waals surface area contributed by atoms with E-state index in [1.165, 1.54) is 6.07 Å². The lowest BCUT2D eigenvalue weighted by molar-refractivity contribution is -0.142. The van der Waals surface area contributed by atoms with Crippen LogP contribution in [-0.4, -0.2) is 37.0 Å². The van der Waals surface area contributed by atoms with Gasteiger partial charge in [0.25, 0.3) is 0 Å². The monoisotopic (exact) mass is 284 g/mol. The van der Waals surface area contributed by atoms with Crippen LogP contribution in [0.15, 0.2) is 18.2 Å². The van der Waals surface area contributed by atoms with Crippen LogP contribution < -0.4 is 5.73 Å². The third-order valence-corrected chi connectivity index (χ3v) is 3.47. The fourth-order valence-corrected chi connectivity index (χ4v) is 2.18. The summed E-state index contributed by atoms with van der Waals surface area (Å²) in [5.74, 6) is -2.10. The standard InChI is InChI=1S/C14H18F2N2O2/c1-9(7-17)14(19)18-4-5-20-13(8-18)10-2-3-11(15)12(16)6-10/h2-3,6,9,13H,4-5,7-8,17H2,1H3. The molecule has 0 aromatic heterocycles. The molecule has 2 N–H and O–H groups in total. The maximum Gasteiger partial charge on any atom is 0.226 e. The predicted molar refractivity (Wildman–Crippen MR) is 69.8 cm³/mol. The number of halogens is 2. The zero-order valence-corrected chi connectivity index (χ0v) is 11.3. The van der Waals surface area contributed by atoms with Crippen LogP contribution in [0.1, 0.15) is 18.6 Å². The first-order chi connectivity index (χ1) is 9.52. The van der Waals surface area contributed by atoms with E-state index in [4.69, 9.17) is 10.5 Å². The summed E-state index contributed by atoms with van der Waals surface area (Å²) in [7, 11) is 0. The van der Waals surface area contributed by atoms with Gasteiger partial charge in [-0.3, -0.25) is 4.79 Å². The minimum absolute atomic E-state index is 0.0385. The van der Waals surface area contributed by atoms with Gasteiger partial charge < -0.3 is 15.4 Å². The zero-order valence-electron chi connectivity index (χ0n) is 11.3. The van der Waals surface area contributed by atoms with Crippen LogP contribution >= 0.6 is 0 Å². The van der Waals surface area contributed by atoms with Gasteiger partial charge in [0, 0.05) is 19.0 Å². The Bertz CT molecular complexity index is 496. The highest BCUT2D eigenvalue weighted by Crippen LogP contribution is 2.24. The number of carbonyl (C=O) groups excluding carboxylic acids is 1. The van der Waals surface area contributed by atoms with E-state index in [9.17, 15) is 13.6 Å². The number of morpholine rings is 1. The summed E-state index contributed by atoms with van der Waals surface area (Å²) < 4.78 is 31.7. The van der Waals surface area contributed by atoms with Crippen molar-refractivity contribution in [2.75, 3.05) is 26.2 Å². The molecule has 2 atom stereocenters. The second-order valence-corrected chi connectivity index (χ2v) is 4.95. The van der Waals surface area contributed by atoms with Gasteiger partial charge in [-0.1, -0.05) is 13.0 Å². The summed E-state index contributed by atoms with van der Waals surface area (Å²) in [6.07, 6.45) is -0.437. The first kappa shape index (κ1) is 14.9. The van der Waals surface area contributed by atoms with Gasteiger partial charge in [0.05, 0.1) is 13.2 Å². The molecule has 1 saturated heterocycles. The van der Waals surface area contributed by atoms with Crippen molar-refractivity contribution in [3.8, 4) is 0 Å². The van der Waals surface area contributed by atoms with Crippen LogP contribution in [0.2, 0.25) is 0 Å². The summed E-state index contributed by atoms with van der Waals surface area (Å²) in [6.45, 7) is 3.24. The zero-order chi connectivity index (χ0) is 14.7. The van der Waals surface area contributed by atoms with Gasteiger partial charge in [0.2, 0.25) is 5.91 Å². The van der Waals surface area contributed by atoms with E-state index in [1.807, 2.05) is 0 Å². The van der Waals surface area contributed by atoms with E-state index < -0.39 is 17.7 Å². The van der Waals surface area contributed by atoms with Crippen LogP contribution in [0, 0.1) is 17.6 Å². The van der Waals surface area contributed by atoms with Crippen molar-refractivity contribution in [3.05, 3.63) is 35.4 Å². The summed E-state index contributed by atoms with van der Waals surface area (Å²) >= 11 is 0. The number of amides is 1. The van der Waals surface area contributed by atoms with E-state index in [2.05, 4.69) is 0 Å². The highest BCUT2D eigenvalue weighted by molar-refractivity contribution is 5.78.